The Kier molecular flexibility index (Phi) is 3.18. The number of thiazole rings is 1. The molecule has 0 amide bonds. The van der Waals surface area contributed by atoms with Gasteiger partial charge >= 0.3 is 0 Å². The first-order valence-corrected chi connectivity index (χ1v) is 7.71. The van der Waals surface area contributed by atoms with E-state index in [1.807, 2.05) is 0 Å². The van der Waals surface area contributed by atoms with E-state index in [4.69, 9.17) is 11.6 Å². The average Bonchev–Trinajstić information content (AvgIpc) is 2.55. The number of nitrogens with zero attached hydrogens (tertiary/aromatic N) is 1. The molecule has 1 saturated heterocycles. The fraction of sp³-hybridized carbons (Fsp3) is 0.625. The highest BCUT2D eigenvalue weighted by Crippen LogP contribution is 2.22. The fourth-order valence-corrected chi connectivity index (χ4v) is 3.94. The first kappa shape index (κ1) is 11.2. The topological polar surface area (TPSA) is 59.1 Å². The van der Waals surface area contributed by atoms with Crippen molar-refractivity contribution in [2.75, 3.05) is 16.8 Å². The van der Waals surface area contributed by atoms with Crippen molar-refractivity contribution in [3.8, 4) is 0 Å². The van der Waals surface area contributed by atoms with Crippen LogP contribution in [0.15, 0.2) is 5.38 Å². The van der Waals surface area contributed by atoms with Gasteiger partial charge in [0, 0.05) is 11.4 Å². The average molecular weight is 267 g/mol. The van der Waals surface area contributed by atoms with E-state index in [-0.39, 0.29) is 17.5 Å². The summed E-state index contributed by atoms with van der Waals surface area (Å²) >= 11 is 7.13. The monoisotopic (exact) mass is 266 g/mol. The van der Waals surface area contributed by atoms with Crippen LogP contribution in [-0.2, 0) is 9.84 Å². The lowest BCUT2D eigenvalue weighted by Gasteiger charge is -2.22. The molecule has 0 radical (unpaired) electrons. The molecule has 4 nitrogen and oxygen atoms in total. The van der Waals surface area contributed by atoms with Crippen LogP contribution in [0.5, 0.6) is 0 Å². The SMILES string of the molecule is O=S1(=O)CCC(Nc2nc(Cl)cs2)CC1. The van der Waals surface area contributed by atoms with E-state index in [1.165, 1.54) is 11.3 Å². The molecule has 7 heteroatoms. The Hall–Kier alpha value is -0.330. The number of hydrogen-bond acceptors (Lipinski definition) is 5. The van der Waals surface area contributed by atoms with E-state index in [1.54, 1.807) is 5.38 Å². The summed E-state index contributed by atoms with van der Waals surface area (Å²) in [5, 5.41) is 6.20. The van der Waals surface area contributed by atoms with E-state index >= 15 is 0 Å². The lowest BCUT2D eigenvalue weighted by molar-refractivity contribution is 0.559. The third kappa shape index (κ3) is 3.06. The predicted molar refractivity (Wildman–Crippen MR) is 62.4 cm³/mol. The molecule has 0 bridgehead atoms. The van der Waals surface area contributed by atoms with E-state index in [0.29, 0.717) is 18.0 Å². The molecule has 1 aliphatic rings. The van der Waals surface area contributed by atoms with Crippen LogP contribution in [-0.4, -0.2) is 30.9 Å². The summed E-state index contributed by atoms with van der Waals surface area (Å²) in [6.45, 7) is 0. The Labute approximate surface area is 97.6 Å². The van der Waals surface area contributed by atoms with Gasteiger partial charge in [0.15, 0.2) is 5.13 Å². The zero-order chi connectivity index (χ0) is 10.9. The van der Waals surface area contributed by atoms with Gasteiger partial charge in [-0.25, -0.2) is 13.4 Å². The zero-order valence-corrected chi connectivity index (χ0v) is 10.3. The smallest absolute Gasteiger partial charge is 0.184 e. The molecule has 1 aliphatic heterocycles. The summed E-state index contributed by atoms with van der Waals surface area (Å²) in [5.74, 6) is 0.535. The summed E-state index contributed by atoms with van der Waals surface area (Å²) < 4.78 is 22.4. The minimum atomic E-state index is -2.79. The second-order valence-electron chi connectivity index (χ2n) is 3.55. The molecule has 0 spiro atoms. The van der Waals surface area contributed by atoms with Crippen molar-refractivity contribution >= 4 is 37.9 Å². The van der Waals surface area contributed by atoms with Crippen LogP contribution < -0.4 is 5.32 Å². The summed E-state index contributed by atoms with van der Waals surface area (Å²) in [6, 6.07) is 0.204. The lowest BCUT2D eigenvalue weighted by Crippen LogP contribution is -2.32. The van der Waals surface area contributed by atoms with Gasteiger partial charge in [0.1, 0.15) is 15.0 Å². The van der Waals surface area contributed by atoms with Crippen molar-refractivity contribution in [1.82, 2.24) is 4.98 Å². The maximum absolute atomic E-state index is 11.2. The Morgan fingerprint density at radius 1 is 1.47 bits per heavy atom. The molecule has 0 atom stereocenters. The molecule has 0 aromatic carbocycles. The number of nitrogens with one attached hydrogen (secondary N) is 1. The molecular weight excluding hydrogens is 256 g/mol. The van der Waals surface area contributed by atoms with Crippen LogP contribution in [0.25, 0.3) is 0 Å². The zero-order valence-electron chi connectivity index (χ0n) is 7.94. The molecule has 2 rings (SSSR count). The number of aromatic nitrogens is 1. The van der Waals surface area contributed by atoms with Gasteiger partial charge in [0.05, 0.1) is 11.5 Å². The van der Waals surface area contributed by atoms with Crippen LogP contribution >= 0.6 is 22.9 Å². The largest absolute Gasteiger partial charge is 0.359 e. The van der Waals surface area contributed by atoms with Crippen molar-refractivity contribution < 1.29 is 8.42 Å². The van der Waals surface area contributed by atoms with Crippen molar-refractivity contribution in [3.05, 3.63) is 10.5 Å². The van der Waals surface area contributed by atoms with Gasteiger partial charge in [-0.3, -0.25) is 0 Å². The first-order chi connectivity index (χ1) is 7.05. The van der Waals surface area contributed by atoms with Gasteiger partial charge in [-0.2, -0.15) is 0 Å². The molecule has 1 N–H and O–H groups in total. The highest BCUT2D eigenvalue weighted by atomic mass is 35.5. The minimum absolute atomic E-state index is 0.204. The first-order valence-electron chi connectivity index (χ1n) is 4.63. The molecule has 2 heterocycles. The van der Waals surface area contributed by atoms with E-state index < -0.39 is 9.84 Å². The van der Waals surface area contributed by atoms with Crippen molar-refractivity contribution in [2.24, 2.45) is 0 Å². The number of halogens is 1. The van der Waals surface area contributed by atoms with E-state index in [2.05, 4.69) is 10.3 Å². The van der Waals surface area contributed by atoms with Gasteiger partial charge < -0.3 is 5.32 Å². The molecule has 84 valence electrons. The van der Waals surface area contributed by atoms with Crippen LogP contribution in [0.3, 0.4) is 0 Å². The normalized spacial score (nSPS) is 21.4. The molecule has 1 aromatic rings. The Bertz CT molecular complexity index is 429. The predicted octanol–water partition coefficient (Wildman–Crippen LogP) is 1.79. The van der Waals surface area contributed by atoms with E-state index in [9.17, 15) is 8.42 Å². The maximum atomic E-state index is 11.2. The molecular formula is C8H11ClN2O2S2. The minimum Gasteiger partial charge on any atom is -0.359 e. The Balaban J connectivity index is 1.92. The number of hydrogen-bond donors (Lipinski definition) is 1. The second-order valence-corrected chi connectivity index (χ2v) is 7.09. The van der Waals surface area contributed by atoms with Gasteiger partial charge in [0.2, 0.25) is 0 Å². The highest BCUT2D eigenvalue weighted by molar-refractivity contribution is 7.91. The molecule has 15 heavy (non-hydrogen) atoms. The van der Waals surface area contributed by atoms with Crippen LogP contribution in [0.1, 0.15) is 12.8 Å². The summed E-state index contributed by atoms with van der Waals surface area (Å²) in [6.07, 6.45) is 1.30. The standard InChI is InChI=1S/C8H11ClN2O2S2/c9-7-5-14-8(11-7)10-6-1-3-15(12,13)4-2-6/h5-6H,1-4H2,(H,10,11). The molecule has 0 aliphatic carbocycles. The Morgan fingerprint density at radius 3 is 2.67 bits per heavy atom. The quantitative estimate of drug-likeness (QED) is 0.887. The summed E-state index contributed by atoms with van der Waals surface area (Å²) in [4.78, 5) is 4.06. The number of rotatable bonds is 2. The van der Waals surface area contributed by atoms with Crippen LogP contribution in [0.4, 0.5) is 5.13 Å². The summed E-state index contributed by atoms with van der Waals surface area (Å²) in [7, 11) is -2.79. The molecule has 0 unspecified atom stereocenters. The van der Waals surface area contributed by atoms with Crippen molar-refractivity contribution in [2.45, 2.75) is 18.9 Å². The summed E-state index contributed by atoms with van der Waals surface area (Å²) in [5.41, 5.74) is 0. The molecule has 1 aromatic heterocycles. The van der Waals surface area contributed by atoms with E-state index in [0.717, 1.165) is 5.13 Å². The number of anilines is 1. The Morgan fingerprint density at radius 2 is 2.13 bits per heavy atom. The third-order valence-electron chi connectivity index (χ3n) is 2.36. The third-order valence-corrected chi connectivity index (χ3v) is 5.17. The van der Waals surface area contributed by atoms with Crippen LogP contribution in [0, 0.1) is 0 Å². The van der Waals surface area contributed by atoms with Gasteiger partial charge in [-0.15, -0.1) is 11.3 Å². The van der Waals surface area contributed by atoms with Crippen molar-refractivity contribution in [3.63, 3.8) is 0 Å². The number of sulfone groups is 1. The second kappa shape index (κ2) is 4.27. The molecule has 0 saturated carbocycles. The van der Waals surface area contributed by atoms with Gasteiger partial charge in [0.25, 0.3) is 0 Å². The molecule has 1 fully saturated rings. The highest BCUT2D eigenvalue weighted by Gasteiger charge is 2.23. The maximum Gasteiger partial charge on any atom is 0.184 e. The van der Waals surface area contributed by atoms with Crippen molar-refractivity contribution in [1.29, 1.82) is 0 Å². The lowest BCUT2D eigenvalue weighted by atomic mass is 10.2. The fourth-order valence-electron chi connectivity index (χ4n) is 1.53. The van der Waals surface area contributed by atoms with Gasteiger partial charge in [-0.05, 0) is 12.8 Å². The van der Waals surface area contributed by atoms with Gasteiger partial charge in [-0.1, -0.05) is 11.6 Å². The van der Waals surface area contributed by atoms with Crippen LogP contribution in [0.2, 0.25) is 5.15 Å².